The highest BCUT2D eigenvalue weighted by molar-refractivity contribution is 5.84. The van der Waals surface area contributed by atoms with Crippen molar-refractivity contribution in [3.63, 3.8) is 0 Å². The zero-order valence-electron chi connectivity index (χ0n) is 13.5. The molecule has 1 saturated carbocycles. The van der Waals surface area contributed by atoms with Crippen molar-refractivity contribution < 1.29 is 19.4 Å². The Morgan fingerprint density at radius 2 is 1.76 bits per heavy atom. The molecule has 0 aromatic heterocycles. The van der Waals surface area contributed by atoms with Crippen LogP contribution in [0.15, 0.2) is 0 Å². The van der Waals surface area contributed by atoms with Crippen LogP contribution >= 0.6 is 0 Å². The van der Waals surface area contributed by atoms with Crippen LogP contribution in [0.4, 0.5) is 0 Å². The Kier molecular flexibility index (Phi) is 7.15. The summed E-state index contributed by atoms with van der Waals surface area (Å²) in [5.74, 6) is -1.13. The van der Waals surface area contributed by atoms with Crippen molar-refractivity contribution in [2.75, 3.05) is 6.61 Å². The second-order valence-corrected chi connectivity index (χ2v) is 6.84. The highest BCUT2D eigenvalue weighted by Gasteiger charge is 2.26. The Morgan fingerprint density at radius 1 is 1.19 bits per heavy atom. The van der Waals surface area contributed by atoms with Gasteiger partial charge in [0, 0.05) is 18.9 Å². The number of carboxylic acid groups (broad SMARTS) is 1. The topological polar surface area (TPSA) is 75.6 Å². The lowest BCUT2D eigenvalue weighted by molar-refractivity contribution is -0.143. The molecule has 0 aliphatic heterocycles. The number of amides is 1. The van der Waals surface area contributed by atoms with Gasteiger partial charge in [0.15, 0.2) is 0 Å². The lowest BCUT2D eigenvalue weighted by Crippen LogP contribution is -2.44. The van der Waals surface area contributed by atoms with E-state index in [-0.39, 0.29) is 17.4 Å². The molecule has 1 unspecified atom stereocenters. The first-order valence-corrected chi connectivity index (χ1v) is 7.97. The fraction of sp³-hybridized carbons (Fsp3) is 0.875. The SMILES string of the molecule is CC(C)(C)OCCC(NC(=O)C1CCCCCC1)C(=O)O. The second-order valence-electron chi connectivity index (χ2n) is 6.84. The van der Waals surface area contributed by atoms with Crippen molar-refractivity contribution in [2.24, 2.45) is 5.92 Å². The molecule has 0 aromatic carbocycles. The third-order valence-electron chi connectivity index (χ3n) is 3.78. The molecule has 5 heteroatoms. The number of nitrogens with one attached hydrogen (secondary N) is 1. The second kappa shape index (κ2) is 8.37. The predicted molar refractivity (Wildman–Crippen MR) is 81.1 cm³/mol. The Bertz CT molecular complexity index is 341. The van der Waals surface area contributed by atoms with E-state index in [1.54, 1.807) is 0 Å². The summed E-state index contributed by atoms with van der Waals surface area (Å²) in [7, 11) is 0. The molecule has 0 heterocycles. The summed E-state index contributed by atoms with van der Waals surface area (Å²) >= 11 is 0. The summed E-state index contributed by atoms with van der Waals surface area (Å²) in [6.45, 7) is 6.10. The summed E-state index contributed by atoms with van der Waals surface area (Å²) in [4.78, 5) is 23.5. The van der Waals surface area contributed by atoms with Gasteiger partial charge in [0.25, 0.3) is 0 Å². The average molecular weight is 299 g/mol. The minimum atomic E-state index is -0.991. The molecule has 0 radical (unpaired) electrons. The number of carbonyl (C=O) groups is 2. The quantitative estimate of drug-likeness (QED) is 0.739. The molecular formula is C16H29NO4. The first kappa shape index (κ1) is 18.0. The molecule has 1 aliphatic carbocycles. The maximum absolute atomic E-state index is 12.2. The van der Waals surface area contributed by atoms with Crippen molar-refractivity contribution in [3.8, 4) is 0 Å². The normalized spacial score (nSPS) is 18.8. The maximum Gasteiger partial charge on any atom is 0.326 e. The van der Waals surface area contributed by atoms with Crippen molar-refractivity contribution in [1.82, 2.24) is 5.32 Å². The molecule has 122 valence electrons. The van der Waals surface area contributed by atoms with Crippen LogP contribution in [0.2, 0.25) is 0 Å². The third kappa shape index (κ3) is 7.46. The van der Waals surface area contributed by atoms with Gasteiger partial charge in [-0.25, -0.2) is 4.79 Å². The third-order valence-corrected chi connectivity index (χ3v) is 3.78. The van der Waals surface area contributed by atoms with Crippen LogP contribution in [0.5, 0.6) is 0 Å². The van der Waals surface area contributed by atoms with Gasteiger partial charge in [0.1, 0.15) is 6.04 Å². The number of hydrogen-bond donors (Lipinski definition) is 2. The largest absolute Gasteiger partial charge is 0.480 e. The fourth-order valence-corrected chi connectivity index (χ4v) is 2.57. The molecule has 0 bridgehead atoms. The standard InChI is InChI=1S/C16H29NO4/c1-16(2,3)21-11-10-13(15(19)20)17-14(18)12-8-6-4-5-7-9-12/h12-13H,4-11H2,1-3H3,(H,17,18)(H,19,20). The monoisotopic (exact) mass is 299 g/mol. The van der Waals surface area contributed by atoms with Crippen LogP contribution in [0.25, 0.3) is 0 Å². The van der Waals surface area contributed by atoms with E-state index < -0.39 is 12.0 Å². The summed E-state index contributed by atoms with van der Waals surface area (Å²) in [6.07, 6.45) is 6.50. The van der Waals surface area contributed by atoms with Gasteiger partial charge in [-0.3, -0.25) is 4.79 Å². The van der Waals surface area contributed by atoms with Crippen molar-refractivity contribution in [3.05, 3.63) is 0 Å². The van der Waals surface area contributed by atoms with Crippen molar-refractivity contribution in [2.45, 2.75) is 77.4 Å². The summed E-state index contributed by atoms with van der Waals surface area (Å²) in [5.41, 5.74) is -0.297. The number of carbonyl (C=O) groups excluding carboxylic acids is 1. The summed E-state index contributed by atoms with van der Waals surface area (Å²) in [6, 6.07) is -0.858. The Balaban J connectivity index is 2.45. The van der Waals surface area contributed by atoms with Gasteiger partial charge in [0.05, 0.1) is 5.60 Å². The van der Waals surface area contributed by atoms with Crippen LogP contribution in [0.3, 0.4) is 0 Å². The number of aliphatic carboxylic acids is 1. The van der Waals surface area contributed by atoms with Crippen LogP contribution < -0.4 is 5.32 Å². The Hall–Kier alpha value is -1.10. The molecule has 0 aromatic rings. The molecule has 1 amide bonds. The van der Waals surface area contributed by atoms with E-state index in [9.17, 15) is 14.7 Å². The molecule has 0 saturated heterocycles. The van der Waals surface area contributed by atoms with Gasteiger partial charge in [-0.1, -0.05) is 25.7 Å². The van der Waals surface area contributed by atoms with E-state index in [0.717, 1.165) is 25.7 Å². The average Bonchev–Trinajstić information content (AvgIpc) is 2.64. The van der Waals surface area contributed by atoms with Crippen molar-refractivity contribution in [1.29, 1.82) is 0 Å². The lowest BCUT2D eigenvalue weighted by Gasteiger charge is -2.22. The zero-order valence-corrected chi connectivity index (χ0v) is 13.5. The molecule has 1 aliphatic rings. The van der Waals surface area contributed by atoms with Crippen LogP contribution in [-0.4, -0.2) is 35.2 Å². The first-order chi connectivity index (χ1) is 9.79. The molecule has 1 fully saturated rings. The summed E-state index contributed by atoms with van der Waals surface area (Å²) < 4.78 is 5.54. The minimum Gasteiger partial charge on any atom is -0.480 e. The number of carboxylic acids is 1. The van der Waals surface area contributed by atoms with E-state index >= 15 is 0 Å². The van der Waals surface area contributed by atoms with Gasteiger partial charge in [-0.05, 0) is 33.6 Å². The zero-order chi connectivity index (χ0) is 15.9. The maximum atomic E-state index is 12.2. The number of hydrogen-bond acceptors (Lipinski definition) is 3. The highest BCUT2D eigenvalue weighted by atomic mass is 16.5. The van der Waals surface area contributed by atoms with Gasteiger partial charge >= 0.3 is 5.97 Å². The van der Waals surface area contributed by atoms with E-state index in [1.165, 1.54) is 12.8 Å². The van der Waals surface area contributed by atoms with E-state index in [4.69, 9.17) is 4.74 Å². The van der Waals surface area contributed by atoms with E-state index in [0.29, 0.717) is 13.0 Å². The van der Waals surface area contributed by atoms with Gasteiger partial charge in [0.2, 0.25) is 5.91 Å². The van der Waals surface area contributed by atoms with Crippen molar-refractivity contribution >= 4 is 11.9 Å². The van der Waals surface area contributed by atoms with Gasteiger partial charge in [-0.15, -0.1) is 0 Å². The summed E-state index contributed by atoms with van der Waals surface area (Å²) in [5, 5.41) is 11.9. The lowest BCUT2D eigenvalue weighted by atomic mass is 9.99. The first-order valence-electron chi connectivity index (χ1n) is 7.97. The smallest absolute Gasteiger partial charge is 0.326 e. The van der Waals surface area contributed by atoms with Crippen LogP contribution in [-0.2, 0) is 14.3 Å². The van der Waals surface area contributed by atoms with Crippen LogP contribution in [0.1, 0.15) is 65.7 Å². The number of ether oxygens (including phenoxy) is 1. The van der Waals surface area contributed by atoms with Gasteiger partial charge in [-0.2, -0.15) is 0 Å². The van der Waals surface area contributed by atoms with E-state index in [2.05, 4.69) is 5.32 Å². The minimum absolute atomic E-state index is 0.0297. The molecule has 5 nitrogen and oxygen atoms in total. The molecule has 21 heavy (non-hydrogen) atoms. The fourth-order valence-electron chi connectivity index (χ4n) is 2.57. The molecule has 2 N–H and O–H groups in total. The molecule has 1 atom stereocenters. The van der Waals surface area contributed by atoms with Gasteiger partial charge < -0.3 is 15.2 Å². The number of rotatable bonds is 6. The van der Waals surface area contributed by atoms with Crippen LogP contribution in [0, 0.1) is 5.92 Å². The Labute approximate surface area is 127 Å². The predicted octanol–water partition coefficient (Wildman–Crippen LogP) is 2.73. The molecule has 0 spiro atoms. The Morgan fingerprint density at radius 3 is 2.24 bits per heavy atom. The van der Waals surface area contributed by atoms with E-state index in [1.807, 2.05) is 20.8 Å². The molecule has 1 rings (SSSR count). The highest BCUT2D eigenvalue weighted by Crippen LogP contribution is 2.23. The molecular weight excluding hydrogens is 270 g/mol.